The minimum absolute atomic E-state index is 0.00394. The second kappa shape index (κ2) is 8.34. The molecule has 1 atom stereocenters. The van der Waals surface area contributed by atoms with Crippen LogP contribution in [0, 0.1) is 6.92 Å². The second-order valence-corrected chi connectivity index (χ2v) is 9.00. The first-order valence-corrected chi connectivity index (χ1v) is 11.2. The smallest absolute Gasteiger partial charge is 0.350 e. The van der Waals surface area contributed by atoms with Gasteiger partial charge in [-0.3, -0.25) is 19.3 Å². The molecule has 1 aromatic heterocycles. The molecule has 168 valence electrons. The molecule has 1 fully saturated rings. The highest BCUT2D eigenvalue weighted by atomic mass is 32.1. The largest absolute Gasteiger partial charge is 0.465 e. The molecular weight excluding hydrogens is 432 g/mol. The molecule has 2 aromatic rings. The molecule has 3 heterocycles. The lowest BCUT2D eigenvalue weighted by atomic mass is 9.98. The summed E-state index contributed by atoms with van der Waals surface area (Å²) in [4.78, 5) is 57.9. The Morgan fingerprint density at radius 3 is 2.78 bits per heavy atom. The number of hydrogen-bond acceptors (Lipinski definition) is 7. The van der Waals surface area contributed by atoms with Crippen molar-refractivity contribution < 1.29 is 23.9 Å². The molecule has 0 aliphatic carbocycles. The number of ether oxygens (including phenoxy) is 1. The van der Waals surface area contributed by atoms with Crippen molar-refractivity contribution in [3.8, 4) is 0 Å². The molecule has 32 heavy (non-hydrogen) atoms. The molecule has 2 aliphatic heterocycles. The van der Waals surface area contributed by atoms with Crippen molar-refractivity contribution in [3.63, 3.8) is 0 Å². The van der Waals surface area contributed by atoms with E-state index < -0.39 is 11.6 Å². The average molecular weight is 457 g/mol. The van der Waals surface area contributed by atoms with Crippen LogP contribution in [0.4, 0.5) is 10.8 Å². The Balaban J connectivity index is 1.43. The van der Waals surface area contributed by atoms with E-state index >= 15 is 0 Å². The fourth-order valence-corrected chi connectivity index (χ4v) is 5.25. The van der Waals surface area contributed by atoms with Crippen molar-refractivity contribution >= 4 is 45.8 Å². The van der Waals surface area contributed by atoms with Gasteiger partial charge in [-0.25, -0.2) is 9.78 Å². The van der Waals surface area contributed by atoms with E-state index in [4.69, 9.17) is 4.74 Å². The Morgan fingerprint density at radius 2 is 2.03 bits per heavy atom. The van der Waals surface area contributed by atoms with E-state index in [-0.39, 0.29) is 24.1 Å². The molecule has 3 amide bonds. The van der Waals surface area contributed by atoms with E-state index in [1.165, 1.54) is 7.11 Å². The maximum Gasteiger partial charge on any atom is 0.350 e. The maximum absolute atomic E-state index is 13.2. The van der Waals surface area contributed by atoms with Crippen molar-refractivity contribution in [1.29, 1.82) is 0 Å². The van der Waals surface area contributed by atoms with Crippen LogP contribution in [0.5, 0.6) is 0 Å². The number of aromatic nitrogens is 1. The zero-order valence-corrected chi connectivity index (χ0v) is 19.0. The third-order valence-electron chi connectivity index (χ3n) is 5.94. The molecule has 1 unspecified atom stereocenters. The number of nitrogens with one attached hydrogen (secondary N) is 1. The summed E-state index contributed by atoms with van der Waals surface area (Å²) in [5.74, 6) is -0.888. The number of nitrogens with zero attached hydrogens (tertiary/aromatic N) is 3. The van der Waals surface area contributed by atoms with Gasteiger partial charge in [0, 0.05) is 19.4 Å². The van der Waals surface area contributed by atoms with E-state index in [1.54, 1.807) is 34.9 Å². The van der Waals surface area contributed by atoms with Crippen molar-refractivity contribution in [3.05, 3.63) is 40.4 Å². The van der Waals surface area contributed by atoms with Crippen LogP contribution in [0.3, 0.4) is 0 Å². The molecular formula is C22H24N4O5S. The third-order valence-corrected chi connectivity index (χ3v) is 7.00. The zero-order chi connectivity index (χ0) is 23.0. The fraction of sp³-hybridized carbons (Fsp3) is 0.409. The van der Waals surface area contributed by atoms with E-state index in [9.17, 15) is 19.2 Å². The van der Waals surface area contributed by atoms with Crippen LogP contribution >= 0.6 is 11.3 Å². The van der Waals surface area contributed by atoms with Crippen LogP contribution < -0.4 is 10.2 Å². The first kappa shape index (κ1) is 21.9. The summed E-state index contributed by atoms with van der Waals surface area (Å²) in [7, 11) is 1.29. The molecule has 1 N–H and O–H groups in total. The number of fused-ring (bicyclic) bond motifs is 3. The lowest BCUT2D eigenvalue weighted by molar-refractivity contribution is -0.118. The number of anilines is 2. The summed E-state index contributed by atoms with van der Waals surface area (Å²) in [5, 5.41) is 3.03. The van der Waals surface area contributed by atoms with Gasteiger partial charge in [-0.2, -0.15) is 0 Å². The highest BCUT2D eigenvalue weighted by Crippen LogP contribution is 2.44. The average Bonchev–Trinajstić information content (AvgIpc) is 3.29. The summed E-state index contributed by atoms with van der Waals surface area (Å²) in [5.41, 5.74) is 0.907. The second-order valence-electron chi connectivity index (χ2n) is 8.00. The summed E-state index contributed by atoms with van der Waals surface area (Å²) in [6, 6.07) is 7.14. The quantitative estimate of drug-likeness (QED) is 0.670. The Morgan fingerprint density at radius 1 is 1.28 bits per heavy atom. The number of rotatable bonds is 6. The van der Waals surface area contributed by atoms with Crippen LogP contribution in [0.1, 0.15) is 58.3 Å². The number of esters is 1. The van der Waals surface area contributed by atoms with Gasteiger partial charge in [0.05, 0.1) is 24.1 Å². The predicted molar refractivity (Wildman–Crippen MR) is 119 cm³/mol. The van der Waals surface area contributed by atoms with Crippen molar-refractivity contribution in [2.75, 3.05) is 23.9 Å². The molecule has 0 saturated carbocycles. The predicted octanol–water partition coefficient (Wildman–Crippen LogP) is 2.96. The van der Waals surface area contributed by atoms with Gasteiger partial charge < -0.3 is 15.0 Å². The van der Waals surface area contributed by atoms with Gasteiger partial charge in [-0.15, -0.1) is 0 Å². The Bertz CT molecular complexity index is 1110. The third kappa shape index (κ3) is 3.64. The summed E-state index contributed by atoms with van der Waals surface area (Å²) in [6.45, 7) is 3.91. The van der Waals surface area contributed by atoms with Gasteiger partial charge in [0.15, 0.2) is 5.13 Å². The lowest BCUT2D eigenvalue weighted by Gasteiger charge is -2.48. The standard InChI is InChI=1S/C22H24N4O5S/c1-13-18(20(30)31-3)32-21(23-13)24-16(27)9-6-12-25-19(29)14-7-4-5-8-15(14)26-17(28)10-11-22(25,26)2/h4-5,7-8H,6,9-12H2,1-3H3,(H,23,24,27). The van der Waals surface area contributed by atoms with Gasteiger partial charge in [0.25, 0.3) is 5.91 Å². The normalized spacial score (nSPS) is 19.6. The number of para-hydroxylation sites is 1. The Hall–Kier alpha value is -3.27. The number of hydrogen-bond donors (Lipinski definition) is 1. The Labute approximate surface area is 189 Å². The van der Waals surface area contributed by atoms with E-state index in [2.05, 4.69) is 10.3 Å². The maximum atomic E-state index is 13.2. The monoisotopic (exact) mass is 456 g/mol. The van der Waals surface area contributed by atoms with Crippen LogP contribution in [0.15, 0.2) is 24.3 Å². The SMILES string of the molecule is COC(=O)c1sc(NC(=O)CCCN2C(=O)c3ccccc3N3C(=O)CCC23C)nc1C. The van der Waals surface area contributed by atoms with Gasteiger partial charge in [-0.1, -0.05) is 23.5 Å². The fourth-order valence-electron chi connectivity index (χ4n) is 4.35. The molecule has 1 saturated heterocycles. The number of benzene rings is 1. The van der Waals surface area contributed by atoms with Gasteiger partial charge in [0.1, 0.15) is 10.5 Å². The van der Waals surface area contributed by atoms with Crippen molar-refractivity contribution in [1.82, 2.24) is 9.88 Å². The molecule has 2 aliphatic rings. The molecule has 9 nitrogen and oxygen atoms in total. The molecule has 0 bridgehead atoms. The molecule has 4 rings (SSSR count). The minimum Gasteiger partial charge on any atom is -0.465 e. The topological polar surface area (TPSA) is 109 Å². The molecule has 0 spiro atoms. The minimum atomic E-state index is -0.735. The van der Waals surface area contributed by atoms with Gasteiger partial charge >= 0.3 is 5.97 Å². The highest BCUT2D eigenvalue weighted by molar-refractivity contribution is 7.17. The lowest BCUT2D eigenvalue weighted by Crippen LogP contribution is -2.62. The number of amides is 3. The van der Waals surface area contributed by atoms with Crippen molar-refractivity contribution in [2.24, 2.45) is 0 Å². The van der Waals surface area contributed by atoms with Crippen molar-refractivity contribution in [2.45, 2.75) is 45.2 Å². The summed E-state index contributed by atoms with van der Waals surface area (Å²) >= 11 is 1.06. The van der Waals surface area contributed by atoms with Gasteiger partial charge in [-0.05, 0) is 38.8 Å². The van der Waals surface area contributed by atoms with Gasteiger partial charge in [0.2, 0.25) is 11.8 Å². The zero-order valence-electron chi connectivity index (χ0n) is 18.1. The first-order chi connectivity index (χ1) is 15.3. The molecule has 10 heteroatoms. The number of methoxy groups -OCH3 is 1. The van der Waals surface area contributed by atoms with E-state index in [0.717, 1.165) is 11.3 Å². The summed E-state index contributed by atoms with van der Waals surface area (Å²) < 4.78 is 4.71. The van der Waals surface area contributed by atoms with Crippen LogP contribution in [-0.4, -0.2) is 52.9 Å². The first-order valence-electron chi connectivity index (χ1n) is 10.4. The van der Waals surface area contributed by atoms with Crippen LogP contribution in [0.25, 0.3) is 0 Å². The Kier molecular flexibility index (Phi) is 5.72. The number of aryl methyl sites for hydroxylation is 1. The number of thiazole rings is 1. The van der Waals surface area contributed by atoms with Crippen LogP contribution in [-0.2, 0) is 14.3 Å². The molecule has 0 radical (unpaired) electrons. The summed E-state index contributed by atoms with van der Waals surface area (Å²) in [6.07, 6.45) is 1.51. The van der Waals surface area contributed by atoms with Crippen LogP contribution in [0.2, 0.25) is 0 Å². The van der Waals surface area contributed by atoms with E-state index in [0.29, 0.717) is 52.8 Å². The molecule has 1 aromatic carbocycles. The highest BCUT2D eigenvalue weighted by Gasteiger charge is 2.52. The number of carbonyl (C=O) groups is 4. The van der Waals surface area contributed by atoms with E-state index in [1.807, 2.05) is 13.0 Å². The number of carbonyl (C=O) groups excluding carboxylic acids is 4.